The predicted octanol–water partition coefficient (Wildman–Crippen LogP) is 9.74. The van der Waals surface area contributed by atoms with E-state index in [1.165, 1.54) is 45.3 Å². The van der Waals surface area contributed by atoms with Gasteiger partial charge in [0.25, 0.3) is 5.91 Å². The van der Waals surface area contributed by atoms with E-state index < -0.39 is 0 Å². The second kappa shape index (κ2) is 14.5. The van der Waals surface area contributed by atoms with Crippen molar-refractivity contribution in [2.45, 2.75) is 45.1 Å². The van der Waals surface area contributed by atoms with E-state index in [0.29, 0.717) is 34.8 Å². The molecular weight excluding hydrogens is 651 g/mol. The molecule has 2 atom stereocenters. The molecular formula is C44H41N3O3S. The van der Waals surface area contributed by atoms with Crippen LogP contribution in [0.3, 0.4) is 0 Å². The van der Waals surface area contributed by atoms with Crippen molar-refractivity contribution in [1.29, 1.82) is 0 Å². The lowest BCUT2D eigenvalue weighted by molar-refractivity contribution is -0.115. The number of nitrogens with zero attached hydrogens (tertiary/aromatic N) is 2. The number of benzene rings is 5. The van der Waals surface area contributed by atoms with Gasteiger partial charge in [-0.15, -0.1) is 0 Å². The number of carbonyl (C=O) groups is 1. The molecule has 1 saturated heterocycles. The van der Waals surface area contributed by atoms with E-state index in [1.54, 1.807) is 0 Å². The first-order chi connectivity index (χ1) is 25.0. The first-order valence-corrected chi connectivity index (χ1v) is 18.6. The van der Waals surface area contributed by atoms with Gasteiger partial charge in [0.15, 0.2) is 16.7 Å². The molecule has 6 nitrogen and oxygen atoms in total. The second-order valence-corrected chi connectivity index (χ2v) is 14.4. The summed E-state index contributed by atoms with van der Waals surface area (Å²) in [5.74, 6) is 1.73. The minimum atomic E-state index is -0.161. The van der Waals surface area contributed by atoms with Crippen molar-refractivity contribution in [2.75, 3.05) is 24.6 Å². The van der Waals surface area contributed by atoms with Gasteiger partial charge in [-0.2, -0.15) is 0 Å². The molecule has 256 valence electrons. The fourth-order valence-electron chi connectivity index (χ4n) is 7.50. The van der Waals surface area contributed by atoms with Crippen molar-refractivity contribution in [3.63, 3.8) is 0 Å². The molecule has 3 aliphatic heterocycles. The normalized spacial score (nSPS) is 19.6. The van der Waals surface area contributed by atoms with Crippen molar-refractivity contribution < 1.29 is 14.3 Å². The smallest absolute Gasteiger partial charge is 0.264 e. The van der Waals surface area contributed by atoms with Gasteiger partial charge in [0.1, 0.15) is 6.61 Å². The molecule has 7 heteroatoms. The Morgan fingerprint density at radius 3 is 2.08 bits per heavy atom. The van der Waals surface area contributed by atoms with E-state index >= 15 is 0 Å². The summed E-state index contributed by atoms with van der Waals surface area (Å²) in [4.78, 5) is 21.5. The van der Waals surface area contributed by atoms with Gasteiger partial charge in [0.05, 0.1) is 17.2 Å². The molecule has 1 fully saturated rings. The second-order valence-electron chi connectivity index (χ2n) is 13.4. The van der Waals surface area contributed by atoms with Gasteiger partial charge in [-0.05, 0) is 102 Å². The fourth-order valence-corrected chi connectivity index (χ4v) is 8.34. The Labute approximate surface area is 304 Å². The minimum Gasteiger partial charge on any atom is -0.490 e. The van der Waals surface area contributed by atoms with Gasteiger partial charge in [-0.25, -0.2) is 4.99 Å². The zero-order valence-electron chi connectivity index (χ0n) is 29.0. The summed E-state index contributed by atoms with van der Waals surface area (Å²) < 4.78 is 12.1. The van der Waals surface area contributed by atoms with Gasteiger partial charge in [0, 0.05) is 30.6 Å². The number of anilines is 1. The van der Waals surface area contributed by atoms with Crippen molar-refractivity contribution in [3.05, 3.63) is 159 Å². The van der Waals surface area contributed by atoms with E-state index in [1.807, 2.05) is 31.2 Å². The van der Waals surface area contributed by atoms with Crippen molar-refractivity contribution in [3.8, 4) is 11.5 Å². The third kappa shape index (κ3) is 7.04. The largest absolute Gasteiger partial charge is 0.490 e. The lowest BCUT2D eigenvalue weighted by atomic mass is 9.76. The van der Waals surface area contributed by atoms with Gasteiger partial charge >= 0.3 is 0 Å². The molecule has 5 aromatic carbocycles. The van der Waals surface area contributed by atoms with E-state index in [4.69, 9.17) is 14.5 Å². The molecule has 0 aromatic heterocycles. The zero-order valence-corrected chi connectivity index (χ0v) is 29.8. The Hall–Kier alpha value is -5.27. The number of amides is 1. The van der Waals surface area contributed by atoms with Crippen LogP contribution in [0.1, 0.15) is 70.5 Å². The van der Waals surface area contributed by atoms with Crippen LogP contribution >= 0.6 is 11.8 Å². The summed E-state index contributed by atoms with van der Waals surface area (Å²) in [6.07, 6.45) is 4.01. The predicted molar refractivity (Wildman–Crippen MR) is 208 cm³/mol. The Morgan fingerprint density at radius 1 is 0.804 bits per heavy atom. The topological polar surface area (TPSA) is 63.2 Å². The summed E-state index contributed by atoms with van der Waals surface area (Å²) in [7, 11) is 0. The number of rotatable bonds is 9. The van der Waals surface area contributed by atoms with Crippen LogP contribution < -0.4 is 19.7 Å². The zero-order chi connectivity index (χ0) is 34.7. The molecule has 5 aromatic rings. The van der Waals surface area contributed by atoms with Crippen LogP contribution in [0, 0.1) is 6.92 Å². The summed E-state index contributed by atoms with van der Waals surface area (Å²) in [5.41, 5.74) is 10.7. The molecule has 0 unspecified atom stereocenters. The first kappa shape index (κ1) is 32.9. The summed E-state index contributed by atoms with van der Waals surface area (Å²) in [6, 6.07) is 40.3. The third-order valence-electron chi connectivity index (χ3n) is 9.96. The molecule has 0 spiro atoms. The number of aryl methyl sites for hydroxylation is 1. The monoisotopic (exact) mass is 691 g/mol. The molecule has 1 N–H and O–H groups in total. The minimum absolute atomic E-state index is 0.161. The number of carbonyl (C=O) groups excluding carboxylic acids is 1. The quantitative estimate of drug-likeness (QED) is 0.156. The van der Waals surface area contributed by atoms with E-state index in [0.717, 1.165) is 42.7 Å². The Balaban J connectivity index is 1.10. The highest BCUT2D eigenvalue weighted by molar-refractivity contribution is 8.18. The molecule has 3 heterocycles. The summed E-state index contributed by atoms with van der Waals surface area (Å²) in [5, 5.41) is 3.61. The Kier molecular flexibility index (Phi) is 9.37. The highest BCUT2D eigenvalue weighted by Crippen LogP contribution is 2.50. The molecule has 8 rings (SSSR count). The molecule has 3 aliphatic rings. The van der Waals surface area contributed by atoms with Crippen LogP contribution in [0.4, 0.5) is 11.4 Å². The van der Waals surface area contributed by atoms with E-state index in [9.17, 15) is 4.79 Å². The van der Waals surface area contributed by atoms with E-state index in [-0.39, 0.29) is 17.7 Å². The highest BCUT2D eigenvalue weighted by Gasteiger charge is 2.35. The van der Waals surface area contributed by atoms with Crippen LogP contribution in [0.5, 0.6) is 11.5 Å². The van der Waals surface area contributed by atoms with Crippen LogP contribution in [0.15, 0.2) is 125 Å². The molecule has 0 aliphatic carbocycles. The molecule has 51 heavy (non-hydrogen) atoms. The summed E-state index contributed by atoms with van der Waals surface area (Å²) >= 11 is 1.37. The van der Waals surface area contributed by atoms with Crippen LogP contribution in [-0.2, 0) is 11.4 Å². The number of aliphatic imine (C=N–C) groups is 1. The maximum atomic E-state index is 13.3. The highest BCUT2D eigenvalue weighted by atomic mass is 32.2. The SMILES string of the molecule is CCOc1cc(/C=C2\SC(=Nc3cc4c5c(c3)[C@@H](c3ccccc3)CCN5CC[C@@H]4c3ccccc3)NC2=O)ccc1OCc1ccc(C)cc1. The number of thioether (sulfide) groups is 1. The average molecular weight is 692 g/mol. The Morgan fingerprint density at radius 2 is 1.45 bits per heavy atom. The van der Waals surface area contributed by atoms with Crippen molar-refractivity contribution in [1.82, 2.24) is 5.32 Å². The van der Waals surface area contributed by atoms with Gasteiger partial charge < -0.3 is 19.7 Å². The lowest BCUT2D eigenvalue weighted by Crippen LogP contribution is -2.37. The van der Waals surface area contributed by atoms with Crippen LogP contribution in [-0.4, -0.2) is 30.8 Å². The number of hydrogen-bond donors (Lipinski definition) is 1. The third-order valence-corrected chi connectivity index (χ3v) is 10.9. The standard InChI is InChI=1S/C44H41N3O3S/c1-3-49-40-24-31(18-19-39(40)50-28-30-16-14-29(2)15-17-30)25-41-43(48)46-44(51-41)45-34-26-37-35(32-10-6-4-7-11-32)20-22-47-23-21-36(38(27-34)42(37)47)33-12-8-5-9-13-33/h4-19,24-27,35-36H,3,20-23,28H2,1-2H3,(H,45,46,48)/b41-25-/t35-,36-/m1/s1. The maximum Gasteiger partial charge on any atom is 0.264 e. The number of nitrogens with one attached hydrogen (secondary N) is 1. The molecule has 0 bridgehead atoms. The molecule has 0 saturated carbocycles. The maximum absolute atomic E-state index is 13.3. The number of hydrogen-bond acceptors (Lipinski definition) is 6. The fraction of sp³-hybridized carbons (Fsp3) is 0.227. The van der Waals surface area contributed by atoms with Crippen molar-refractivity contribution in [2.24, 2.45) is 4.99 Å². The van der Waals surface area contributed by atoms with Crippen molar-refractivity contribution >= 4 is 40.3 Å². The van der Waals surface area contributed by atoms with Crippen LogP contribution in [0.2, 0.25) is 0 Å². The van der Waals surface area contributed by atoms with E-state index in [2.05, 4.69) is 114 Å². The lowest BCUT2D eigenvalue weighted by Gasteiger charge is -2.43. The average Bonchev–Trinajstić information content (AvgIpc) is 3.50. The Bertz CT molecular complexity index is 2040. The molecule has 0 radical (unpaired) electrons. The van der Waals surface area contributed by atoms with Gasteiger partial charge in [-0.3, -0.25) is 4.79 Å². The van der Waals surface area contributed by atoms with Gasteiger partial charge in [0.2, 0.25) is 0 Å². The summed E-state index contributed by atoms with van der Waals surface area (Å²) in [6.45, 7) is 7.06. The number of amidine groups is 1. The van der Waals surface area contributed by atoms with Gasteiger partial charge in [-0.1, -0.05) is 96.6 Å². The number of ether oxygens (including phenoxy) is 2. The molecule has 1 amide bonds. The van der Waals surface area contributed by atoms with Crippen LogP contribution in [0.25, 0.3) is 6.08 Å². The first-order valence-electron chi connectivity index (χ1n) is 17.8.